The van der Waals surface area contributed by atoms with Gasteiger partial charge in [-0.05, 0) is 32.0 Å². The van der Waals surface area contributed by atoms with Gasteiger partial charge < -0.3 is 9.90 Å². The molecule has 2 rings (SSSR count). The van der Waals surface area contributed by atoms with Crippen LogP contribution in [0.15, 0.2) is 24.3 Å². The van der Waals surface area contributed by atoms with Crippen molar-refractivity contribution in [3.8, 4) is 0 Å². The Morgan fingerprint density at radius 1 is 1.27 bits per heavy atom. The molecule has 15 heavy (non-hydrogen) atoms. The first kappa shape index (κ1) is 9.65. The summed E-state index contributed by atoms with van der Waals surface area (Å²) in [5.74, 6) is -1.16. The topological polar surface area (TPSA) is 53.0 Å². The highest BCUT2D eigenvalue weighted by molar-refractivity contribution is 6.01. The number of hydrogen-bond acceptors (Lipinski definition) is 3. The number of aromatic carboxylic acids is 1. The summed E-state index contributed by atoms with van der Waals surface area (Å²) in [4.78, 5) is 15.2. The van der Waals surface area contributed by atoms with Gasteiger partial charge in [0.1, 0.15) is 0 Å². The van der Waals surface area contributed by atoms with Crippen LogP contribution in [-0.4, -0.2) is 11.0 Å². The number of hydrogen-bond donors (Lipinski definition) is 0. The molecule has 1 aromatic carbocycles. The Balaban J connectivity index is 2.87. The van der Waals surface area contributed by atoms with E-state index in [1.807, 2.05) is 25.1 Å². The number of carbonyl (C=O) groups is 1. The Morgan fingerprint density at radius 3 is 2.67 bits per heavy atom. The highest BCUT2D eigenvalue weighted by Crippen LogP contribution is 2.19. The lowest BCUT2D eigenvalue weighted by Crippen LogP contribution is -2.22. The van der Waals surface area contributed by atoms with E-state index in [0.717, 1.165) is 5.56 Å². The summed E-state index contributed by atoms with van der Waals surface area (Å²) in [7, 11) is 0. The van der Waals surface area contributed by atoms with Gasteiger partial charge in [0, 0.05) is 16.6 Å². The lowest BCUT2D eigenvalue weighted by Gasteiger charge is -2.08. The second kappa shape index (κ2) is 3.35. The third kappa shape index (κ3) is 1.68. The molecule has 0 amide bonds. The molecule has 0 bridgehead atoms. The maximum Gasteiger partial charge on any atom is 0.0722 e. The summed E-state index contributed by atoms with van der Waals surface area (Å²) in [5.41, 5.74) is 2.60. The van der Waals surface area contributed by atoms with E-state index in [2.05, 4.69) is 4.98 Å². The molecule has 0 atom stereocenters. The maximum absolute atomic E-state index is 10.9. The van der Waals surface area contributed by atoms with Crippen LogP contribution < -0.4 is 5.11 Å². The molecule has 0 spiro atoms. The van der Waals surface area contributed by atoms with Gasteiger partial charge in [0.15, 0.2) is 0 Å². The quantitative estimate of drug-likeness (QED) is 0.695. The van der Waals surface area contributed by atoms with Crippen molar-refractivity contribution in [3.05, 3.63) is 41.1 Å². The molecule has 0 aliphatic carbocycles. The lowest BCUT2D eigenvalue weighted by atomic mass is 10.1. The Kier molecular flexibility index (Phi) is 2.15. The van der Waals surface area contributed by atoms with Crippen LogP contribution in [0, 0.1) is 13.8 Å². The lowest BCUT2D eigenvalue weighted by molar-refractivity contribution is -0.254. The van der Waals surface area contributed by atoms with Gasteiger partial charge >= 0.3 is 0 Å². The van der Waals surface area contributed by atoms with Crippen LogP contribution in [0.5, 0.6) is 0 Å². The van der Waals surface area contributed by atoms with E-state index in [1.165, 1.54) is 6.07 Å². The summed E-state index contributed by atoms with van der Waals surface area (Å²) in [6, 6.07) is 7.09. The molecule has 1 aromatic heterocycles. The van der Waals surface area contributed by atoms with Gasteiger partial charge in [0.05, 0.1) is 11.5 Å². The van der Waals surface area contributed by atoms with Crippen molar-refractivity contribution in [2.45, 2.75) is 13.8 Å². The maximum atomic E-state index is 10.9. The van der Waals surface area contributed by atoms with Crippen LogP contribution in [0.3, 0.4) is 0 Å². The molecule has 1 heterocycles. The van der Waals surface area contributed by atoms with Gasteiger partial charge in [-0.25, -0.2) is 0 Å². The predicted molar refractivity (Wildman–Crippen MR) is 55.5 cm³/mol. The molecule has 0 radical (unpaired) electrons. The number of nitrogens with zero attached hydrogens (tertiary/aromatic N) is 1. The van der Waals surface area contributed by atoms with Crippen LogP contribution in [-0.2, 0) is 0 Å². The zero-order chi connectivity index (χ0) is 11.0. The van der Waals surface area contributed by atoms with Crippen molar-refractivity contribution in [2.24, 2.45) is 0 Å². The van der Waals surface area contributed by atoms with Crippen LogP contribution in [0.4, 0.5) is 0 Å². The van der Waals surface area contributed by atoms with Gasteiger partial charge in [0.2, 0.25) is 0 Å². The average Bonchev–Trinajstić information content (AvgIpc) is 2.17. The number of carboxylic acids is 1. The van der Waals surface area contributed by atoms with Crippen LogP contribution >= 0.6 is 0 Å². The zero-order valence-corrected chi connectivity index (χ0v) is 8.57. The first-order valence-corrected chi connectivity index (χ1v) is 4.67. The van der Waals surface area contributed by atoms with Crippen molar-refractivity contribution >= 4 is 16.9 Å². The molecule has 0 fully saturated rings. The molecule has 0 saturated carbocycles. The Hall–Kier alpha value is -1.90. The Morgan fingerprint density at radius 2 is 2.00 bits per heavy atom. The molecular formula is C12H10NO2-. The predicted octanol–water partition coefficient (Wildman–Crippen LogP) is 1.22. The molecule has 0 saturated heterocycles. The molecule has 0 N–H and O–H groups in total. The summed E-state index contributed by atoms with van der Waals surface area (Å²) < 4.78 is 0. The van der Waals surface area contributed by atoms with E-state index in [0.29, 0.717) is 16.6 Å². The highest BCUT2D eigenvalue weighted by Gasteiger charge is 2.04. The van der Waals surface area contributed by atoms with E-state index < -0.39 is 5.97 Å². The van der Waals surface area contributed by atoms with Gasteiger partial charge in [-0.3, -0.25) is 4.98 Å². The number of pyridine rings is 1. The summed E-state index contributed by atoms with van der Waals surface area (Å²) in [6.45, 7) is 3.68. The highest BCUT2D eigenvalue weighted by atomic mass is 16.4. The van der Waals surface area contributed by atoms with E-state index >= 15 is 0 Å². The average molecular weight is 200 g/mol. The number of carboxylic acid groups (broad SMARTS) is 1. The number of carbonyl (C=O) groups excluding carboxylic acids is 1. The van der Waals surface area contributed by atoms with Crippen molar-refractivity contribution in [1.29, 1.82) is 0 Å². The smallest absolute Gasteiger partial charge is 0.0722 e. The summed E-state index contributed by atoms with van der Waals surface area (Å²) >= 11 is 0. The first-order valence-electron chi connectivity index (χ1n) is 4.67. The van der Waals surface area contributed by atoms with Crippen molar-refractivity contribution < 1.29 is 9.90 Å². The molecule has 2 aromatic rings. The first-order chi connectivity index (χ1) is 7.08. The largest absolute Gasteiger partial charge is 0.545 e. The fraction of sp³-hybridized carbons (Fsp3) is 0.167. The number of aromatic nitrogens is 1. The third-order valence-electron chi connectivity index (χ3n) is 2.31. The Labute approximate surface area is 87.4 Å². The van der Waals surface area contributed by atoms with Gasteiger partial charge in [-0.15, -0.1) is 0 Å². The van der Waals surface area contributed by atoms with Gasteiger partial charge in [-0.2, -0.15) is 0 Å². The van der Waals surface area contributed by atoms with Crippen LogP contribution in [0.1, 0.15) is 21.6 Å². The number of rotatable bonds is 1. The SMILES string of the molecule is Cc1ccc2nc(C)cc(C(=O)[O-])c2c1. The number of aryl methyl sites for hydroxylation is 2. The van der Waals surface area contributed by atoms with Crippen molar-refractivity contribution in [3.63, 3.8) is 0 Å². The van der Waals surface area contributed by atoms with E-state index in [-0.39, 0.29) is 5.56 Å². The molecule has 0 unspecified atom stereocenters. The molecule has 76 valence electrons. The normalized spacial score (nSPS) is 10.5. The van der Waals surface area contributed by atoms with Crippen molar-refractivity contribution in [1.82, 2.24) is 4.98 Å². The van der Waals surface area contributed by atoms with E-state index in [1.54, 1.807) is 6.92 Å². The van der Waals surface area contributed by atoms with E-state index in [9.17, 15) is 9.90 Å². The molecule has 3 heteroatoms. The summed E-state index contributed by atoms with van der Waals surface area (Å²) in [5, 5.41) is 11.6. The second-order valence-electron chi connectivity index (χ2n) is 3.62. The Bertz CT molecular complexity index is 547. The minimum atomic E-state index is -1.16. The standard InChI is InChI=1S/C12H11NO2/c1-7-3-4-11-9(5-7)10(12(14)15)6-8(2)13-11/h3-6H,1-2H3,(H,14,15)/p-1. The molecular weight excluding hydrogens is 190 g/mol. The second-order valence-corrected chi connectivity index (χ2v) is 3.62. The minimum absolute atomic E-state index is 0.209. The van der Waals surface area contributed by atoms with Gasteiger partial charge in [-0.1, -0.05) is 11.6 Å². The monoisotopic (exact) mass is 200 g/mol. The number of benzene rings is 1. The zero-order valence-electron chi connectivity index (χ0n) is 8.57. The van der Waals surface area contributed by atoms with Crippen LogP contribution in [0.25, 0.3) is 10.9 Å². The van der Waals surface area contributed by atoms with Crippen LogP contribution in [0.2, 0.25) is 0 Å². The van der Waals surface area contributed by atoms with E-state index in [4.69, 9.17) is 0 Å². The summed E-state index contributed by atoms with van der Waals surface area (Å²) in [6.07, 6.45) is 0. The fourth-order valence-electron chi connectivity index (χ4n) is 1.64. The third-order valence-corrected chi connectivity index (χ3v) is 2.31. The van der Waals surface area contributed by atoms with Gasteiger partial charge in [0.25, 0.3) is 0 Å². The molecule has 0 aliphatic heterocycles. The fourth-order valence-corrected chi connectivity index (χ4v) is 1.64. The molecule has 0 aliphatic rings. The number of fused-ring (bicyclic) bond motifs is 1. The minimum Gasteiger partial charge on any atom is -0.545 e. The molecule has 3 nitrogen and oxygen atoms in total. The van der Waals surface area contributed by atoms with Crippen molar-refractivity contribution in [2.75, 3.05) is 0 Å².